The zero-order valence-electron chi connectivity index (χ0n) is 16.9. The number of imide groups is 1. The molecule has 0 atom stereocenters. The first-order valence-corrected chi connectivity index (χ1v) is 11.1. The van der Waals surface area contributed by atoms with Gasteiger partial charge in [-0.2, -0.15) is 4.31 Å². The largest absolute Gasteiger partial charge is 0.340 e. The topological polar surface area (TPSA) is 107 Å². The zero-order valence-corrected chi connectivity index (χ0v) is 17.7. The standard InChI is InChI=1S/C19H25FN4O5S/c1-19(2)17(26)24(18(27)21-19)9-5-8-16(25)22-10-12-23(13-11-22)30(28,29)15-7-4-3-6-14(15)20/h3-4,6-7H,5,8-13H2,1-2H3,(H,21,27). The van der Waals surface area contributed by atoms with Crippen LogP contribution in [-0.4, -0.2) is 78.6 Å². The van der Waals surface area contributed by atoms with Gasteiger partial charge in [-0.1, -0.05) is 12.1 Å². The fraction of sp³-hybridized carbons (Fsp3) is 0.526. The summed E-state index contributed by atoms with van der Waals surface area (Å²) in [6, 6.07) is 4.73. The molecule has 0 aliphatic carbocycles. The van der Waals surface area contributed by atoms with Gasteiger partial charge >= 0.3 is 6.03 Å². The molecule has 4 amide bonds. The summed E-state index contributed by atoms with van der Waals surface area (Å²) >= 11 is 0. The predicted molar refractivity (Wildman–Crippen MR) is 105 cm³/mol. The molecule has 164 valence electrons. The fourth-order valence-electron chi connectivity index (χ4n) is 3.54. The number of hydrogen-bond acceptors (Lipinski definition) is 5. The van der Waals surface area contributed by atoms with E-state index in [1.165, 1.54) is 22.5 Å². The molecule has 30 heavy (non-hydrogen) atoms. The number of urea groups is 1. The third kappa shape index (κ3) is 4.31. The van der Waals surface area contributed by atoms with E-state index in [2.05, 4.69) is 5.32 Å². The van der Waals surface area contributed by atoms with Gasteiger partial charge in [-0.05, 0) is 32.4 Å². The molecular weight excluding hydrogens is 415 g/mol. The average molecular weight is 440 g/mol. The molecule has 9 nitrogen and oxygen atoms in total. The summed E-state index contributed by atoms with van der Waals surface area (Å²) in [6.45, 7) is 3.92. The van der Waals surface area contributed by atoms with E-state index in [1.807, 2.05) is 0 Å². The van der Waals surface area contributed by atoms with Crippen molar-refractivity contribution in [3.63, 3.8) is 0 Å². The minimum absolute atomic E-state index is 0.0730. The fourth-order valence-corrected chi connectivity index (χ4v) is 5.03. The summed E-state index contributed by atoms with van der Waals surface area (Å²) in [4.78, 5) is 38.7. The summed E-state index contributed by atoms with van der Waals surface area (Å²) in [5.41, 5.74) is -0.943. The third-order valence-corrected chi connectivity index (χ3v) is 7.19. The Hall–Kier alpha value is -2.53. The SMILES string of the molecule is CC1(C)NC(=O)N(CCCC(=O)N2CCN(S(=O)(=O)c3ccccc3F)CC2)C1=O. The number of amides is 4. The van der Waals surface area contributed by atoms with Crippen LogP contribution >= 0.6 is 0 Å². The van der Waals surface area contributed by atoms with E-state index in [1.54, 1.807) is 18.7 Å². The second kappa shape index (κ2) is 8.31. The summed E-state index contributed by atoms with van der Waals surface area (Å²) in [5, 5.41) is 2.58. The molecule has 0 spiro atoms. The number of nitrogens with one attached hydrogen (secondary N) is 1. The molecule has 1 aromatic carbocycles. The Morgan fingerprint density at radius 3 is 2.33 bits per heavy atom. The van der Waals surface area contributed by atoms with Crippen LogP contribution in [0.4, 0.5) is 9.18 Å². The molecule has 11 heteroatoms. The Morgan fingerprint density at radius 2 is 1.77 bits per heavy atom. The van der Waals surface area contributed by atoms with Gasteiger partial charge < -0.3 is 10.2 Å². The van der Waals surface area contributed by atoms with Gasteiger partial charge in [-0.15, -0.1) is 0 Å². The number of carbonyl (C=O) groups excluding carboxylic acids is 3. The van der Waals surface area contributed by atoms with Gasteiger partial charge in [-0.25, -0.2) is 17.6 Å². The van der Waals surface area contributed by atoms with Crippen molar-refractivity contribution in [3.05, 3.63) is 30.1 Å². The lowest BCUT2D eigenvalue weighted by Gasteiger charge is -2.34. The molecule has 2 heterocycles. The normalized spacial score (nSPS) is 19.8. The quantitative estimate of drug-likeness (QED) is 0.658. The van der Waals surface area contributed by atoms with Crippen LogP contribution in [0.5, 0.6) is 0 Å². The molecule has 1 aromatic rings. The maximum Gasteiger partial charge on any atom is 0.325 e. The number of sulfonamides is 1. The highest BCUT2D eigenvalue weighted by Crippen LogP contribution is 2.21. The van der Waals surface area contributed by atoms with E-state index >= 15 is 0 Å². The molecule has 0 bridgehead atoms. The van der Waals surface area contributed by atoms with Crippen LogP contribution in [0, 0.1) is 5.82 Å². The number of hydrogen-bond donors (Lipinski definition) is 1. The molecule has 2 fully saturated rings. The number of nitrogens with zero attached hydrogens (tertiary/aromatic N) is 3. The van der Waals surface area contributed by atoms with Crippen LogP contribution in [0.15, 0.2) is 29.2 Å². The minimum atomic E-state index is -3.96. The predicted octanol–water partition coefficient (Wildman–Crippen LogP) is 0.769. The van der Waals surface area contributed by atoms with Crippen molar-refractivity contribution in [2.45, 2.75) is 37.1 Å². The molecular formula is C19H25FN4O5S. The van der Waals surface area contributed by atoms with Crippen LogP contribution in [0.3, 0.4) is 0 Å². The molecule has 2 saturated heterocycles. The molecule has 2 aliphatic rings. The van der Waals surface area contributed by atoms with Crippen LogP contribution in [-0.2, 0) is 19.6 Å². The summed E-state index contributed by atoms with van der Waals surface area (Å²) in [7, 11) is -3.96. The van der Waals surface area contributed by atoms with E-state index in [4.69, 9.17) is 0 Å². The zero-order chi connectivity index (χ0) is 22.1. The number of piperazine rings is 1. The van der Waals surface area contributed by atoms with Crippen LogP contribution < -0.4 is 5.32 Å². The highest BCUT2D eigenvalue weighted by Gasteiger charge is 2.43. The van der Waals surface area contributed by atoms with Crippen molar-refractivity contribution in [1.82, 2.24) is 19.4 Å². The number of carbonyl (C=O) groups is 3. The summed E-state index contributed by atoms with van der Waals surface area (Å²) < 4.78 is 40.3. The maximum atomic E-state index is 13.9. The Balaban J connectivity index is 1.49. The Morgan fingerprint density at radius 1 is 1.13 bits per heavy atom. The highest BCUT2D eigenvalue weighted by atomic mass is 32.2. The summed E-state index contributed by atoms with van der Waals surface area (Å²) in [6.07, 6.45) is 0.458. The Kier molecular flexibility index (Phi) is 6.14. The summed E-state index contributed by atoms with van der Waals surface area (Å²) in [5.74, 6) is -1.31. The first-order valence-electron chi connectivity index (χ1n) is 9.70. The van der Waals surface area contributed by atoms with E-state index in [9.17, 15) is 27.2 Å². The van der Waals surface area contributed by atoms with Crippen LogP contribution in [0.2, 0.25) is 0 Å². The van der Waals surface area contributed by atoms with Crippen molar-refractivity contribution in [3.8, 4) is 0 Å². The maximum absolute atomic E-state index is 13.9. The lowest BCUT2D eigenvalue weighted by atomic mass is 10.1. The third-order valence-electron chi connectivity index (χ3n) is 5.26. The van der Waals surface area contributed by atoms with E-state index in [0.717, 1.165) is 11.0 Å². The van der Waals surface area contributed by atoms with Gasteiger partial charge in [0.05, 0.1) is 0 Å². The van der Waals surface area contributed by atoms with Crippen molar-refractivity contribution in [1.29, 1.82) is 0 Å². The molecule has 0 unspecified atom stereocenters. The van der Waals surface area contributed by atoms with Crippen LogP contribution in [0.25, 0.3) is 0 Å². The van der Waals surface area contributed by atoms with Crippen molar-refractivity contribution in [2.24, 2.45) is 0 Å². The van der Waals surface area contributed by atoms with Gasteiger partial charge in [0.1, 0.15) is 16.3 Å². The molecule has 0 saturated carbocycles. The number of halogens is 1. The van der Waals surface area contributed by atoms with E-state index in [-0.39, 0.29) is 55.9 Å². The lowest BCUT2D eigenvalue weighted by Crippen LogP contribution is -2.50. The smallest absolute Gasteiger partial charge is 0.325 e. The van der Waals surface area contributed by atoms with Gasteiger partial charge in [-0.3, -0.25) is 14.5 Å². The van der Waals surface area contributed by atoms with Gasteiger partial charge in [0.25, 0.3) is 5.91 Å². The second-order valence-electron chi connectivity index (χ2n) is 7.83. The van der Waals surface area contributed by atoms with Crippen molar-refractivity contribution < 1.29 is 27.2 Å². The van der Waals surface area contributed by atoms with Gasteiger partial charge in [0.2, 0.25) is 15.9 Å². The van der Waals surface area contributed by atoms with Gasteiger partial charge in [0, 0.05) is 39.1 Å². The molecule has 3 rings (SSSR count). The lowest BCUT2D eigenvalue weighted by molar-refractivity contribution is -0.133. The van der Waals surface area contributed by atoms with Crippen molar-refractivity contribution >= 4 is 27.9 Å². The molecule has 1 N–H and O–H groups in total. The minimum Gasteiger partial charge on any atom is -0.340 e. The van der Waals surface area contributed by atoms with Crippen molar-refractivity contribution in [2.75, 3.05) is 32.7 Å². The Bertz CT molecular complexity index is 957. The Labute approximate surface area is 174 Å². The van der Waals surface area contributed by atoms with Crippen LogP contribution in [0.1, 0.15) is 26.7 Å². The van der Waals surface area contributed by atoms with E-state index in [0.29, 0.717) is 6.42 Å². The first kappa shape index (κ1) is 22.2. The monoisotopic (exact) mass is 440 g/mol. The number of benzene rings is 1. The first-order chi connectivity index (χ1) is 14.0. The highest BCUT2D eigenvalue weighted by molar-refractivity contribution is 7.89. The van der Waals surface area contributed by atoms with Gasteiger partial charge in [0.15, 0.2) is 0 Å². The molecule has 2 aliphatic heterocycles. The number of rotatable bonds is 6. The molecule has 0 radical (unpaired) electrons. The van der Waals surface area contributed by atoms with E-state index < -0.39 is 27.4 Å². The second-order valence-corrected chi connectivity index (χ2v) is 9.74. The average Bonchev–Trinajstić information content (AvgIpc) is 2.89. The molecule has 0 aromatic heterocycles.